The maximum Gasteiger partial charge on any atom is 0.325 e. The molecule has 0 spiro atoms. The van der Waals surface area contributed by atoms with E-state index in [9.17, 15) is 9.59 Å². The number of nitrogens with zero attached hydrogens (tertiary/aromatic N) is 1. The lowest BCUT2D eigenvalue weighted by molar-refractivity contribution is 0.0967. The SMILES string of the molecule is C=C(/C=C(\C=C/C)Oc1ccnc2[nH]c(=O)[nH]c12)NC(=O)c1ccccc1. The molecule has 7 heteroatoms. The molecule has 2 aromatic heterocycles. The molecule has 27 heavy (non-hydrogen) atoms. The van der Waals surface area contributed by atoms with Crippen LogP contribution in [0.2, 0.25) is 0 Å². The number of hydrogen-bond acceptors (Lipinski definition) is 4. The summed E-state index contributed by atoms with van der Waals surface area (Å²) in [7, 11) is 0. The number of aromatic nitrogens is 3. The lowest BCUT2D eigenvalue weighted by atomic mass is 10.2. The van der Waals surface area contributed by atoms with E-state index in [0.717, 1.165) is 0 Å². The van der Waals surface area contributed by atoms with E-state index in [4.69, 9.17) is 4.74 Å². The maximum absolute atomic E-state index is 12.2. The van der Waals surface area contributed by atoms with E-state index in [2.05, 4.69) is 26.8 Å². The Bertz CT molecular complexity index is 1090. The Labute approximate surface area is 155 Å². The van der Waals surface area contributed by atoms with E-state index in [1.807, 2.05) is 13.0 Å². The first-order valence-corrected chi connectivity index (χ1v) is 8.21. The molecule has 0 unspecified atom stereocenters. The van der Waals surface area contributed by atoms with Crippen molar-refractivity contribution in [2.45, 2.75) is 6.92 Å². The minimum atomic E-state index is -0.371. The zero-order valence-electron chi connectivity index (χ0n) is 14.7. The van der Waals surface area contributed by atoms with Crippen molar-refractivity contribution in [3.05, 3.63) is 94.9 Å². The number of nitrogens with one attached hydrogen (secondary N) is 3. The highest BCUT2D eigenvalue weighted by atomic mass is 16.5. The molecule has 0 aliphatic rings. The molecule has 0 bridgehead atoms. The Morgan fingerprint density at radius 2 is 2.00 bits per heavy atom. The highest BCUT2D eigenvalue weighted by Crippen LogP contribution is 2.22. The van der Waals surface area contributed by atoms with Gasteiger partial charge in [0.2, 0.25) is 0 Å². The Balaban J connectivity index is 1.81. The number of benzene rings is 1. The lowest BCUT2D eigenvalue weighted by Gasteiger charge is -2.09. The standard InChI is InChI=1S/C20H18N4O3/c1-3-7-15(12-13(2)22-19(25)14-8-5-4-6-9-14)27-16-10-11-21-18-17(16)23-20(26)24-18/h3-12H,2H2,1H3,(H,22,25)(H2,21,23,24,26)/b7-3-,15-12+. The molecule has 7 nitrogen and oxygen atoms in total. The molecular weight excluding hydrogens is 344 g/mol. The van der Waals surface area contributed by atoms with Gasteiger partial charge in [-0.3, -0.25) is 9.78 Å². The number of ether oxygens (including phenoxy) is 1. The van der Waals surface area contributed by atoms with Crippen molar-refractivity contribution in [2.24, 2.45) is 0 Å². The van der Waals surface area contributed by atoms with Crippen LogP contribution < -0.4 is 15.7 Å². The van der Waals surface area contributed by atoms with Crippen LogP contribution in [-0.2, 0) is 0 Å². The number of H-pyrrole nitrogens is 2. The Morgan fingerprint density at radius 3 is 2.74 bits per heavy atom. The largest absolute Gasteiger partial charge is 0.455 e. The van der Waals surface area contributed by atoms with Crippen LogP contribution in [0, 0.1) is 0 Å². The van der Waals surface area contributed by atoms with Crippen molar-refractivity contribution in [3.8, 4) is 5.75 Å². The Kier molecular flexibility index (Phi) is 5.32. The van der Waals surface area contributed by atoms with E-state index in [0.29, 0.717) is 33.9 Å². The van der Waals surface area contributed by atoms with E-state index < -0.39 is 0 Å². The minimum Gasteiger partial charge on any atom is -0.455 e. The van der Waals surface area contributed by atoms with E-state index in [1.165, 1.54) is 6.20 Å². The summed E-state index contributed by atoms with van der Waals surface area (Å²) < 4.78 is 5.87. The molecular formula is C20H18N4O3. The van der Waals surface area contributed by atoms with Gasteiger partial charge in [-0.2, -0.15) is 0 Å². The summed E-state index contributed by atoms with van der Waals surface area (Å²) in [4.78, 5) is 33.0. The van der Waals surface area contributed by atoms with Crippen molar-refractivity contribution >= 4 is 17.1 Å². The number of fused-ring (bicyclic) bond motifs is 1. The monoisotopic (exact) mass is 362 g/mol. The molecule has 3 aromatic rings. The van der Waals surface area contributed by atoms with E-state index >= 15 is 0 Å². The molecule has 0 saturated heterocycles. The van der Waals surface area contributed by atoms with Crippen LogP contribution in [0.25, 0.3) is 11.2 Å². The molecule has 0 aliphatic heterocycles. The van der Waals surface area contributed by atoms with Gasteiger partial charge in [-0.05, 0) is 25.1 Å². The molecule has 0 saturated carbocycles. The van der Waals surface area contributed by atoms with Crippen molar-refractivity contribution in [1.29, 1.82) is 0 Å². The third-order valence-electron chi connectivity index (χ3n) is 3.57. The number of imidazole rings is 1. The lowest BCUT2D eigenvalue weighted by Crippen LogP contribution is -2.21. The molecule has 2 heterocycles. The quantitative estimate of drug-likeness (QED) is 0.463. The van der Waals surface area contributed by atoms with Crippen LogP contribution in [0.4, 0.5) is 0 Å². The average molecular weight is 362 g/mol. The summed E-state index contributed by atoms with van der Waals surface area (Å²) in [6, 6.07) is 10.5. The third-order valence-corrected chi connectivity index (χ3v) is 3.57. The second-order valence-corrected chi connectivity index (χ2v) is 5.61. The van der Waals surface area contributed by atoms with Crippen LogP contribution in [0.5, 0.6) is 5.75 Å². The van der Waals surface area contributed by atoms with Crippen molar-refractivity contribution in [1.82, 2.24) is 20.3 Å². The first-order chi connectivity index (χ1) is 13.1. The highest BCUT2D eigenvalue weighted by Gasteiger charge is 2.09. The topological polar surface area (TPSA) is 99.9 Å². The van der Waals surface area contributed by atoms with Gasteiger partial charge in [0.25, 0.3) is 5.91 Å². The predicted octanol–water partition coefficient (Wildman–Crippen LogP) is 3.03. The summed E-state index contributed by atoms with van der Waals surface area (Å²) in [6.07, 6.45) is 6.63. The number of amides is 1. The fourth-order valence-electron chi connectivity index (χ4n) is 2.42. The van der Waals surface area contributed by atoms with Gasteiger partial charge in [-0.1, -0.05) is 30.9 Å². The van der Waals surface area contributed by atoms with E-state index in [1.54, 1.807) is 48.6 Å². The number of pyridine rings is 1. The maximum atomic E-state index is 12.2. The van der Waals surface area contributed by atoms with Gasteiger partial charge in [0.05, 0.1) is 0 Å². The Morgan fingerprint density at radius 1 is 1.22 bits per heavy atom. The van der Waals surface area contributed by atoms with Gasteiger partial charge in [-0.15, -0.1) is 0 Å². The van der Waals surface area contributed by atoms with Gasteiger partial charge < -0.3 is 15.0 Å². The van der Waals surface area contributed by atoms with Crippen LogP contribution in [0.15, 0.2) is 83.7 Å². The highest BCUT2D eigenvalue weighted by molar-refractivity contribution is 5.95. The zero-order chi connectivity index (χ0) is 19.2. The van der Waals surface area contributed by atoms with Crippen LogP contribution in [0.1, 0.15) is 17.3 Å². The summed E-state index contributed by atoms with van der Waals surface area (Å²) in [5.74, 6) is 0.591. The molecule has 1 amide bonds. The van der Waals surface area contributed by atoms with Crippen LogP contribution >= 0.6 is 0 Å². The van der Waals surface area contributed by atoms with Crippen LogP contribution in [-0.4, -0.2) is 20.9 Å². The molecule has 3 N–H and O–H groups in total. The molecule has 0 fully saturated rings. The fourth-order valence-corrected chi connectivity index (χ4v) is 2.42. The minimum absolute atomic E-state index is 0.266. The van der Waals surface area contributed by atoms with Crippen molar-refractivity contribution < 1.29 is 9.53 Å². The normalized spacial score (nSPS) is 11.7. The first-order valence-electron chi connectivity index (χ1n) is 8.21. The molecule has 0 atom stereocenters. The number of aromatic amines is 2. The van der Waals surface area contributed by atoms with Gasteiger partial charge in [0.15, 0.2) is 11.4 Å². The molecule has 0 radical (unpaired) electrons. The smallest absolute Gasteiger partial charge is 0.325 e. The Hall–Kier alpha value is -3.87. The van der Waals surface area contributed by atoms with Crippen molar-refractivity contribution in [2.75, 3.05) is 0 Å². The second kappa shape index (κ2) is 8.01. The van der Waals surface area contributed by atoms with Crippen molar-refractivity contribution in [3.63, 3.8) is 0 Å². The average Bonchev–Trinajstić information content (AvgIpc) is 3.04. The van der Waals surface area contributed by atoms with Gasteiger partial charge in [-0.25, -0.2) is 9.78 Å². The zero-order valence-corrected chi connectivity index (χ0v) is 14.7. The fraction of sp³-hybridized carbons (Fsp3) is 0.0500. The summed E-state index contributed by atoms with van der Waals surface area (Å²) in [6.45, 7) is 5.69. The summed E-state index contributed by atoms with van der Waals surface area (Å²) in [5.41, 5.74) is 1.38. The van der Waals surface area contributed by atoms with Crippen LogP contribution in [0.3, 0.4) is 0 Å². The summed E-state index contributed by atoms with van der Waals surface area (Å²) >= 11 is 0. The number of carbonyl (C=O) groups excluding carboxylic acids is 1. The molecule has 1 aromatic carbocycles. The number of rotatable bonds is 6. The summed E-state index contributed by atoms with van der Waals surface area (Å²) in [5, 5.41) is 2.71. The predicted molar refractivity (Wildman–Crippen MR) is 103 cm³/mol. The number of allylic oxidation sites excluding steroid dienone is 3. The van der Waals surface area contributed by atoms with Gasteiger partial charge >= 0.3 is 5.69 Å². The third kappa shape index (κ3) is 4.40. The number of carbonyl (C=O) groups is 1. The molecule has 0 aliphatic carbocycles. The van der Waals surface area contributed by atoms with E-state index in [-0.39, 0.29) is 11.6 Å². The molecule has 136 valence electrons. The van der Waals surface area contributed by atoms with Gasteiger partial charge in [0, 0.05) is 29.6 Å². The van der Waals surface area contributed by atoms with Gasteiger partial charge in [0.1, 0.15) is 11.3 Å². The second-order valence-electron chi connectivity index (χ2n) is 5.61. The first kappa shape index (κ1) is 17.9. The number of hydrogen-bond donors (Lipinski definition) is 3. The molecule has 3 rings (SSSR count).